The highest BCUT2D eigenvalue weighted by Gasteiger charge is 2.30. The van der Waals surface area contributed by atoms with Gasteiger partial charge in [-0.25, -0.2) is 0 Å². The van der Waals surface area contributed by atoms with Gasteiger partial charge in [0.2, 0.25) is 11.8 Å². The van der Waals surface area contributed by atoms with Crippen molar-refractivity contribution in [2.24, 2.45) is 0 Å². The molecule has 1 heterocycles. The van der Waals surface area contributed by atoms with Gasteiger partial charge in [0.15, 0.2) is 0 Å². The first-order chi connectivity index (χ1) is 12.2. The lowest BCUT2D eigenvalue weighted by Crippen LogP contribution is -2.37. The summed E-state index contributed by atoms with van der Waals surface area (Å²) in [5, 5.41) is 5.65. The minimum atomic E-state index is -0.381. The molecule has 2 N–H and O–H groups in total. The van der Waals surface area contributed by atoms with Gasteiger partial charge in [-0.05, 0) is 42.5 Å². The van der Waals surface area contributed by atoms with E-state index >= 15 is 0 Å². The highest BCUT2D eigenvalue weighted by molar-refractivity contribution is 8.01. The van der Waals surface area contributed by atoms with Crippen LogP contribution in [0.5, 0.6) is 0 Å². The summed E-state index contributed by atoms with van der Waals surface area (Å²) in [5.74, 6) is -0.156. The summed E-state index contributed by atoms with van der Waals surface area (Å²) in [5.41, 5.74) is 3.36. The molecule has 0 aromatic heterocycles. The highest BCUT2D eigenvalue weighted by atomic mass is 32.2. The van der Waals surface area contributed by atoms with Crippen molar-refractivity contribution in [3.05, 3.63) is 59.7 Å². The van der Waals surface area contributed by atoms with Crippen LogP contribution in [0, 0.1) is 0 Å². The van der Waals surface area contributed by atoms with Crippen molar-refractivity contribution in [1.29, 1.82) is 0 Å². The van der Waals surface area contributed by atoms with Gasteiger partial charge < -0.3 is 10.6 Å². The summed E-state index contributed by atoms with van der Waals surface area (Å²) in [6.07, 6.45) is 3.30. The first kappa shape index (κ1) is 16.2. The summed E-state index contributed by atoms with van der Waals surface area (Å²) in [7, 11) is 0. The maximum absolute atomic E-state index is 12.5. The van der Waals surface area contributed by atoms with Crippen LogP contribution in [-0.4, -0.2) is 17.1 Å². The van der Waals surface area contributed by atoms with Crippen molar-refractivity contribution in [3.8, 4) is 0 Å². The Hall–Kier alpha value is -2.27. The standard InChI is InChI=1S/C20H20N2O2S/c23-19(21-15-10-5-7-13-6-1-2-8-14(13)15)12-18-20(24)22-16-9-3-4-11-17(16)25-18/h1-4,6,8-9,11,15,18H,5,7,10,12H2,(H,21,23)(H,22,24)/t15-,18-/m1/s1. The molecule has 2 aromatic rings. The van der Waals surface area contributed by atoms with Crippen molar-refractivity contribution in [1.82, 2.24) is 5.32 Å². The van der Waals surface area contributed by atoms with Crippen molar-refractivity contribution in [2.75, 3.05) is 5.32 Å². The Balaban J connectivity index is 1.43. The number of nitrogens with one attached hydrogen (secondary N) is 2. The second kappa shape index (κ2) is 6.92. The fraction of sp³-hybridized carbons (Fsp3) is 0.300. The first-order valence-corrected chi connectivity index (χ1v) is 9.52. The number of thioether (sulfide) groups is 1. The van der Waals surface area contributed by atoms with Crippen LogP contribution >= 0.6 is 11.8 Å². The van der Waals surface area contributed by atoms with Crippen LogP contribution in [0.3, 0.4) is 0 Å². The molecule has 5 heteroatoms. The Morgan fingerprint density at radius 3 is 2.88 bits per heavy atom. The third-order valence-electron chi connectivity index (χ3n) is 4.78. The normalized spacial score (nSPS) is 21.7. The Kier molecular flexibility index (Phi) is 4.49. The summed E-state index contributed by atoms with van der Waals surface area (Å²) in [6, 6.07) is 16.0. The Labute approximate surface area is 151 Å². The topological polar surface area (TPSA) is 58.2 Å². The molecular formula is C20H20N2O2S. The molecule has 2 amide bonds. The third-order valence-corrected chi connectivity index (χ3v) is 6.06. The second-order valence-corrected chi connectivity index (χ2v) is 7.75. The summed E-state index contributed by atoms with van der Waals surface area (Å²) < 4.78 is 0. The van der Waals surface area contributed by atoms with Crippen molar-refractivity contribution < 1.29 is 9.59 Å². The molecule has 0 unspecified atom stereocenters. The number of fused-ring (bicyclic) bond motifs is 2. The number of rotatable bonds is 3. The quantitative estimate of drug-likeness (QED) is 0.886. The van der Waals surface area contributed by atoms with E-state index in [2.05, 4.69) is 22.8 Å². The molecule has 1 aliphatic carbocycles. The lowest BCUT2D eigenvalue weighted by Gasteiger charge is -2.28. The lowest BCUT2D eigenvalue weighted by molar-refractivity contribution is -0.124. The molecule has 128 valence electrons. The minimum absolute atomic E-state index is 0.0568. The smallest absolute Gasteiger partial charge is 0.238 e. The SMILES string of the molecule is O=C(C[C@H]1Sc2ccccc2NC1=O)N[C@@H]1CCCc2ccccc21. The van der Waals surface area contributed by atoms with E-state index in [-0.39, 0.29) is 29.5 Å². The Morgan fingerprint density at radius 1 is 1.16 bits per heavy atom. The monoisotopic (exact) mass is 352 g/mol. The van der Waals surface area contributed by atoms with Crippen LogP contribution in [0.4, 0.5) is 5.69 Å². The number of hydrogen-bond donors (Lipinski definition) is 2. The molecule has 4 rings (SSSR count). The molecule has 4 nitrogen and oxygen atoms in total. The molecular weight excluding hydrogens is 332 g/mol. The summed E-state index contributed by atoms with van der Waals surface area (Å²) >= 11 is 1.47. The molecule has 0 radical (unpaired) electrons. The maximum atomic E-state index is 12.5. The van der Waals surface area contributed by atoms with E-state index in [1.54, 1.807) is 0 Å². The molecule has 1 aliphatic heterocycles. The fourth-order valence-corrected chi connectivity index (χ4v) is 4.66. The van der Waals surface area contributed by atoms with E-state index in [4.69, 9.17) is 0 Å². The molecule has 25 heavy (non-hydrogen) atoms. The largest absolute Gasteiger partial charge is 0.349 e. The number of carbonyl (C=O) groups excluding carboxylic acids is 2. The van der Waals surface area contributed by atoms with Crippen LogP contribution in [0.15, 0.2) is 53.4 Å². The highest BCUT2D eigenvalue weighted by Crippen LogP contribution is 2.37. The van der Waals surface area contributed by atoms with Gasteiger partial charge in [-0.15, -0.1) is 11.8 Å². The van der Waals surface area contributed by atoms with E-state index in [1.807, 2.05) is 36.4 Å². The van der Waals surface area contributed by atoms with Crippen LogP contribution in [0.25, 0.3) is 0 Å². The molecule has 0 saturated heterocycles. The number of amides is 2. The van der Waals surface area contributed by atoms with Crippen molar-refractivity contribution in [3.63, 3.8) is 0 Å². The Bertz CT molecular complexity index is 821. The summed E-state index contributed by atoms with van der Waals surface area (Å²) in [4.78, 5) is 25.8. The average molecular weight is 352 g/mol. The number of hydrogen-bond acceptors (Lipinski definition) is 3. The predicted molar refractivity (Wildman–Crippen MR) is 99.6 cm³/mol. The van der Waals surface area contributed by atoms with Gasteiger partial charge in [0.05, 0.1) is 17.0 Å². The van der Waals surface area contributed by atoms with Crippen molar-refractivity contribution in [2.45, 2.75) is 41.9 Å². The first-order valence-electron chi connectivity index (χ1n) is 8.64. The van der Waals surface area contributed by atoms with Crippen LogP contribution in [0.1, 0.15) is 36.4 Å². The average Bonchev–Trinajstić information content (AvgIpc) is 2.63. The zero-order valence-electron chi connectivity index (χ0n) is 13.8. The zero-order valence-corrected chi connectivity index (χ0v) is 14.6. The molecule has 2 aromatic carbocycles. The van der Waals surface area contributed by atoms with Gasteiger partial charge >= 0.3 is 0 Å². The lowest BCUT2D eigenvalue weighted by atomic mass is 9.87. The second-order valence-electron chi connectivity index (χ2n) is 6.51. The van der Waals surface area contributed by atoms with E-state index < -0.39 is 0 Å². The molecule has 2 atom stereocenters. The fourth-order valence-electron chi connectivity index (χ4n) is 3.55. The van der Waals surface area contributed by atoms with E-state index in [0.717, 1.165) is 29.8 Å². The van der Waals surface area contributed by atoms with Gasteiger partial charge in [-0.1, -0.05) is 36.4 Å². The van der Waals surface area contributed by atoms with E-state index in [9.17, 15) is 9.59 Å². The van der Waals surface area contributed by atoms with Gasteiger partial charge in [-0.2, -0.15) is 0 Å². The molecule has 0 bridgehead atoms. The van der Waals surface area contributed by atoms with E-state index in [1.165, 1.54) is 22.9 Å². The minimum Gasteiger partial charge on any atom is -0.349 e. The predicted octanol–water partition coefficient (Wildman–Crippen LogP) is 3.68. The Morgan fingerprint density at radius 2 is 1.96 bits per heavy atom. The van der Waals surface area contributed by atoms with Crippen molar-refractivity contribution >= 4 is 29.3 Å². The molecule has 0 fully saturated rings. The molecule has 0 spiro atoms. The van der Waals surface area contributed by atoms with Gasteiger partial charge in [0, 0.05) is 11.3 Å². The van der Waals surface area contributed by atoms with Crippen LogP contribution in [-0.2, 0) is 16.0 Å². The number of anilines is 1. The maximum Gasteiger partial charge on any atom is 0.238 e. The zero-order chi connectivity index (χ0) is 17.2. The van der Waals surface area contributed by atoms with Crippen LogP contribution < -0.4 is 10.6 Å². The molecule has 0 saturated carbocycles. The van der Waals surface area contributed by atoms with E-state index in [0.29, 0.717) is 0 Å². The number of aryl methyl sites for hydroxylation is 1. The number of benzene rings is 2. The van der Waals surface area contributed by atoms with Gasteiger partial charge in [0.1, 0.15) is 0 Å². The van der Waals surface area contributed by atoms with Gasteiger partial charge in [-0.3, -0.25) is 9.59 Å². The summed E-state index contributed by atoms with van der Waals surface area (Å²) in [6.45, 7) is 0. The van der Waals surface area contributed by atoms with Gasteiger partial charge in [0.25, 0.3) is 0 Å². The number of carbonyl (C=O) groups is 2. The third kappa shape index (κ3) is 3.42. The molecule has 2 aliphatic rings. The number of para-hydroxylation sites is 1. The van der Waals surface area contributed by atoms with Crippen LogP contribution in [0.2, 0.25) is 0 Å².